The average molecular weight is 315 g/mol. The number of halogens is 1. The van der Waals surface area contributed by atoms with E-state index in [2.05, 4.69) is 10.6 Å². The van der Waals surface area contributed by atoms with Crippen molar-refractivity contribution in [2.45, 2.75) is 6.92 Å². The predicted octanol–water partition coefficient (Wildman–Crippen LogP) is 4.34. The van der Waals surface area contributed by atoms with Gasteiger partial charge in [0.05, 0.1) is 0 Å². The SMILES string of the molecule is CC(=O)c1cccc(NC(=O)N/C=C/c2ccccc2Cl)c1. The zero-order valence-corrected chi connectivity index (χ0v) is 12.7. The Morgan fingerprint density at radius 3 is 2.59 bits per heavy atom. The third kappa shape index (κ3) is 4.46. The molecule has 4 nitrogen and oxygen atoms in total. The van der Waals surface area contributed by atoms with Crippen LogP contribution in [0.2, 0.25) is 5.02 Å². The summed E-state index contributed by atoms with van der Waals surface area (Å²) in [5.74, 6) is -0.0531. The van der Waals surface area contributed by atoms with Gasteiger partial charge in [-0.15, -0.1) is 0 Å². The number of hydrogen-bond acceptors (Lipinski definition) is 2. The van der Waals surface area contributed by atoms with Crippen LogP contribution in [0.4, 0.5) is 10.5 Å². The maximum atomic E-state index is 11.8. The minimum atomic E-state index is -0.399. The number of Topliss-reactive ketones (excluding diaryl/α,β-unsaturated/α-hetero) is 1. The lowest BCUT2D eigenvalue weighted by atomic mass is 10.1. The molecule has 5 heteroatoms. The molecule has 0 spiro atoms. The first-order valence-corrected chi connectivity index (χ1v) is 7.03. The Bertz CT molecular complexity index is 726. The van der Waals surface area contributed by atoms with Crippen LogP contribution < -0.4 is 10.6 Å². The van der Waals surface area contributed by atoms with Crippen molar-refractivity contribution in [3.05, 3.63) is 70.9 Å². The second-order valence-corrected chi connectivity index (χ2v) is 5.00. The number of carbonyl (C=O) groups is 2. The van der Waals surface area contributed by atoms with Crippen LogP contribution in [-0.2, 0) is 0 Å². The van der Waals surface area contributed by atoms with E-state index in [4.69, 9.17) is 11.6 Å². The fraction of sp³-hybridized carbons (Fsp3) is 0.0588. The molecule has 0 bridgehead atoms. The van der Waals surface area contributed by atoms with Gasteiger partial charge in [0, 0.05) is 22.5 Å². The van der Waals surface area contributed by atoms with Gasteiger partial charge < -0.3 is 10.6 Å². The monoisotopic (exact) mass is 314 g/mol. The summed E-state index contributed by atoms with van der Waals surface area (Å²) in [5, 5.41) is 5.84. The molecule has 22 heavy (non-hydrogen) atoms. The Labute approximate surface area is 133 Å². The fourth-order valence-electron chi connectivity index (χ4n) is 1.80. The number of rotatable bonds is 4. The molecule has 0 unspecified atom stereocenters. The highest BCUT2D eigenvalue weighted by molar-refractivity contribution is 6.32. The van der Waals surface area contributed by atoms with Gasteiger partial charge in [0.2, 0.25) is 0 Å². The van der Waals surface area contributed by atoms with E-state index in [0.29, 0.717) is 16.3 Å². The lowest BCUT2D eigenvalue weighted by Gasteiger charge is -2.05. The van der Waals surface area contributed by atoms with Crippen molar-refractivity contribution in [3.8, 4) is 0 Å². The first-order valence-electron chi connectivity index (χ1n) is 6.66. The van der Waals surface area contributed by atoms with Crippen LogP contribution in [0.25, 0.3) is 6.08 Å². The summed E-state index contributed by atoms with van der Waals surface area (Å²) in [6.07, 6.45) is 3.21. The second kappa shape index (κ2) is 7.43. The summed E-state index contributed by atoms with van der Waals surface area (Å²) in [5.41, 5.74) is 1.91. The van der Waals surface area contributed by atoms with Gasteiger partial charge >= 0.3 is 6.03 Å². The molecule has 2 aromatic carbocycles. The van der Waals surface area contributed by atoms with Gasteiger partial charge in [-0.1, -0.05) is 41.9 Å². The molecule has 2 rings (SSSR count). The first kappa shape index (κ1) is 15.8. The molecule has 0 saturated carbocycles. The molecule has 2 amide bonds. The van der Waals surface area contributed by atoms with Gasteiger partial charge in [-0.25, -0.2) is 4.79 Å². The summed E-state index contributed by atoms with van der Waals surface area (Å²) in [6, 6.07) is 13.7. The maximum absolute atomic E-state index is 11.8. The van der Waals surface area contributed by atoms with Crippen LogP contribution in [0.15, 0.2) is 54.7 Å². The summed E-state index contributed by atoms with van der Waals surface area (Å²) >= 11 is 6.00. The van der Waals surface area contributed by atoms with E-state index >= 15 is 0 Å². The van der Waals surface area contributed by atoms with Crippen LogP contribution in [0.1, 0.15) is 22.8 Å². The lowest BCUT2D eigenvalue weighted by Crippen LogP contribution is -2.23. The molecular weight excluding hydrogens is 300 g/mol. The number of hydrogen-bond donors (Lipinski definition) is 2. The van der Waals surface area contributed by atoms with Crippen LogP contribution in [0.5, 0.6) is 0 Å². The Kier molecular flexibility index (Phi) is 5.33. The van der Waals surface area contributed by atoms with Gasteiger partial charge in [-0.3, -0.25) is 4.79 Å². The Morgan fingerprint density at radius 1 is 1.09 bits per heavy atom. The topological polar surface area (TPSA) is 58.2 Å². The number of carbonyl (C=O) groups excluding carboxylic acids is 2. The maximum Gasteiger partial charge on any atom is 0.323 e. The van der Waals surface area contributed by atoms with Crippen LogP contribution in [-0.4, -0.2) is 11.8 Å². The third-order valence-electron chi connectivity index (χ3n) is 2.91. The molecule has 0 aliphatic heterocycles. The number of benzene rings is 2. The van der Waals surface area contributed by atoms with E-state index in [9.17, 15) is 9.59 Å². The minimum absolute atomic E-state index is 0.0531. The van der Waals surface area contributed by atoms with Crippen LogP contribution in [0.3, 0.4) is 0 Å². The van der Waals surface area contributed by atoms with Crippen molar-refractivity contribution < 1.29 is 9.59 Å². The summed E-state index contributed by atoms with van der Waals surface area (Å²) in [4.78, 5) is 23.1. The van der Waals surface area contributed by atoms with Gasteiger partial charge in [0.1, 0.15) is 0 Å². The van der Waals surface area contributed by atoms with Crippen molar-refractivity contribution in [1.82, 2.24) is 5.32 Å². The zero-order valence-electron chi connectivity index (χ0n) is 12.0. The zero-order chi connectivity index (χ0) is 15.9. The molecule has 0 aliphatic rings. The molecule has 112 valence electrons. The van der Waals surface area contributed by atoms with E-state index in [1.54, 1.807) is 36.4 Å². The minimum Gasteiger partial charge on any atom is -0.314 e. The van der Waals surface area contributed by atoms with Crippen molar-refractivity contribution in [2.24, 2.45) is 0 Å². The van der Waals surface area contributed by atoms with Crippen molar-refractivity contribution in [2.75, 3.05) is 5.32 Å². The van der Waals surface area contributed by atoms with E-state index in [0.717, 1.165) is 5.56 Å². The van der Waals surface area contributed by atoms with Crippen molar-refractivity contribution >= 4 is 35.2 Å². The molecule has 0 aliphatic carbocycles. The Hall–Kier alpha value is -2.59. The number of urea groups is 1. The first-order chi connectivity index (χ1) is 10.6. The summed E-state index contributed by atoms with van der Waals surface area (Å²) < 4.78 is 0. The summed E-state index contributed by atoms with van der Waals surface area (Å²) in [7, 11) is 0. The van der Waals surface area contributed by atoms with Gasteiger partial charge in [0.25, 0.3) is 0 Å². The van der Waals surface area contributed by atoms with E-state index < -0.39 is 6.03 Å². The van der Waals surface area contributed by atoms with E-state index in [-0.39, 0.29) is 5.78 Å². The highest BCUT2D eigenvalue weighted by atomic mass is 35.5. The molecule has 0 fully saturated rings. The van der Waals surface area contributed by atoms with Crippen molar-refractivity contribution in [1.29, 1.82) is 0 Å². The number of nitrogens with one attached hydrogen (secondary N) is 2. The smallest absolute Gasteiger partial charge is 0.314 e. The highest BCUT2D eigenvalue weighted by Gasteiger charge is 2.03. The normalized spacial score (nSPS) is 10.5. The molecule has 2 N–H and O–H groups in total. The number of amides is 2. The molecule has 0 aromatic heterocycles. The number of ketones is 1. The van der Waals surface area contributed by atoms with E-state index in [1.807, 2.05) is 18.2 Å². The van der Waals surface area contributed by atoms with Crippen molar-refractivity contribution in [3.63, 3.8) is 0 Å². The fourth-order valence-corrected chi connectivity index (χ4v) is 2.00. The number of anilines is 1. The molecule has 2 aromatic rings. The Morgan fingerprint density at radius 2 is 1.86 bits per heavy atom. The lowest BCUT2D eigenvalue weighted by molar-refractivity contribution is 0.101. The molecular formula is C17H15ClN2O2. The molecule has 0 heterocycles. The molecule has 0 atom stereocenters. The quantitative estimate of drug-likeness (QED) is 0.825. The van der Waals surface area contributed by atoms with Crippen LogP contribution in [0, 0.1) is 0 Å². The average Bonchev–Trinajstić information content (AvgIpc) is 2.49. The summed E-state index contributed by atoms with van der Waals surface area (Å²) in [6.45, 7) is 1.48. The largest absolute Gasteiger partial charge is 0.323 e. The van der Waals surface area contributed by atoms with Gasteiger partial charge in [-0.2, -0.15) is 0 Å². The van der Waals surface area contributed by atoms with Gasteiger partial charge in [0.15, 0.2) is 5.78 Å². The molecule has 0 radical (unpaired) electrons. The Balaban J connectivity index is 1.95. The highest BCUT2D eigenvalue weighted by Crippen LogP contribution is 2.16. The molecule has 0 saturated heterocycles. The van der Waals surface area contributed by atoms with Gasteiger partial charge in [-0.05, 0) is 36.8 Å². The predicted molar refractivity (Wildman–Crippen MR) is 89.1 cm³/mol. The standard InChI is InChI=1S/C17H15ClN2O2/c1-12(21)14-6-4-7-15(11-14)20-17(22)19-10-9-13-5-2-3-8-16(13)18/h2-11H,1H3,(H2,19,20,22)/b10-9+. The third-order valence-corrected chi connectivity index (χ3v) is 3.25. The van der Waals surface area contributed by atoms with E-state index in [1.165, 1.54) is 13.1 Å². The van der Waals surface area contributed by atoms with Crippen LogP contribution >= 0.6 is 11.6 Å². The second-order valence-electron chi connectivity index (χ2n) is 4.59.